The minimum Gasteiger partial charge on any atom is -0.327 e. The quantitative estimate of drug-likeness (QED) is 0.817. The highest BCUT2D eigenvalue weighted by molar-refractivity contribution is 4.90. The van der Waals surface area contributed by atoms with Gasteiger partial charge in [0.15, 0.2) is 0 Å². The molecule has 0 spiro atoms. The summed E-state index contributed by atoms with van der Waals surface area (Å²) in [5, 5.41) is 0. The van der Waals surface area contributed by atoms with Gasteiger partial charge in [-0.1, -0.05) is 20.8 Å². The van der Waals surface area contributed by atoms with E-state index in [0.29, 0.717) is 17.4 Å². The molecule has 2 nitrogen and oxygen atoms in total. The lowest BCUT2D eigenvalue weighted by atomic mass is 9.69. The molecule has 2 rings (SSSR count). The van der Waals surface area contributed by atoms with Gasteiger partial charge in [-0.15, -0.1) is 0 Å². The van der Waals surface area contributed by atoms with Gasteiger partial charge >= 0.3 is 0 Å². The summed E-state index contributed by atoms with van der Waals surface area (Å²) in [6.07, 6.45) is 6.61. The fourth-order valence-electron chi connectivity index (χ4n) is 3.94. The van der Waals surface area contributed by atoms with E-state index in [9.17, 15) is 0 Å². The second kappa shape index (κ2) is 5.50. The van der Waals surface area contributed by atoms with Gasteiger partial charge in [-0.05, 0) is 62.8 Å². The summed E-state index contributed by atoms with van der Waals surface area (Å²) >= 11 is 0. The molecule has 106 valence electrons. The van der Waals surface area contributed by atoms with Gasteiger partial charge in [0.25, 0.3) is 0 Å². The lowest BCUT2D eigenvalue weighted by Crippen LogP contribution is -2.50. The molecule has 2 heteroatoms. The Morgan fingerprint density at radius 3 is 2.67 bits per heavy atom. The summed E-state index contributed by atoms with van der Waals surface area (Å²) in [5.41, 5.74) is 6.88. The normalized spacial score (nSPS) is 41.8. The zero-order chi connectivity index (χ0) is 13.3. The van der Waals surface area contributed by atoms with Crippen LogP contribution in [0, 0.1) is 17.3 Å². The standard InChI is InChI=1S/C16H32N2/c1-12-6-5-9-18(13(12)2)11-14-10-16(3,4)8-7-15(14)17/h12-15H,5-11,17H2,1-4H3. The van der Waals surface area contributed by atoms with E-state index in [4.69, 9.17) is 5.73 Å². The Balaban J connectivity index is 1.94. The summed E-state index contributed by atoms with van der Waals surface area (Å²) in [4.78, 5) is 2.71. The van der Waals surface area contributed by atoms with Gasteiger partial charge in [-0.3, -0.25) is 0 Å². The van der Waals surface area contributed by atoms with E-state index in [2.05, 4.69) is 32.6 Å². The van der Waals surface area contributed by atoms with E-state index >= 15 is 0 Å². The zero-order valence-electron chi connectivity index (χ0n) is 12.8. The van der Waals surface area contributed by atoms with Gasteiger partial charge in [-0.2, -0.15) is 0 Å². The predicted octanol–water partition coefficient (Wildman–Crippen LogP) is 3.26. The van der Waals surface area contributed by atoms with E-state index in [0.717, 1.165) is 12.0 Å². The molecule has 4 atom stereocenters. The van der Waals surface area contributed by atoms with Crippen molar-refractivity contribution in [3.05, 3.63) is 0 Å². The molecular formula is C16H32N2. The summed E-state index contributed by atoms with van der Waals surface area (Å²) in [7, 11) is 0. The van der Waals surface area contributed by atoms with Crippen LogP contribution >= 0.6 is 0 Å². The number of piperidine rings is 1. The molecule has 1 saturated heterocycles. The molecule has 2 fully saturated rings. The molecule has 2 aliphatic rings. The first-order valence-electron chi connectivity index (χ1n) is 7.89. The van der Waals surface area contributed by atoms with Crippen LogP contribution in [0.4, 0.5) is 0 Å². The Bertz CT molecular complexity index is 274. The minimum atomic E-state index is 0.433. The maximum Gasteiger partial charge on any atom is 0.00926 e. The zero-order valence-corrected chi connectivity index (χ0v) is 12.8. The van der Waals surface area contributed by atoms with E-state index in [1.807, 2.05) is 0 Å². The topological polar surface area (TPSA) is 29.3 Å². The number of hydrogen-bond acceptors (Lipinski definition) is 2. The molecule has 0 aromatic rings. The Morgan fingerprint density at radius 2 is 1.94 bits per heavy atom. The molecule has 1 aliphatic heterocycles. The Kier molecular flexibility index (Phi) is 4.38. The monoisotopic (exact) mass is 252 g/mol. The number of nitrogens with two attached hydrogens (primary N) is 1. The Hall–Kier alpha value is -0.0800. The molecule has 0 aromatic carbocycles. The van der Waals surface area contributed by atoms with Crippen LogP contribution in [-0.2, 0) is 0 Å². The highest BCUT2D eigenvalue weighted by Crippen LogP contribution is 2.39. The Morgan fingerprint density at radius 1 is 1.22 bits per heavy atom. The van der Waals surface area contributed by atoms with Crippen LogP contribution in [0.2, 0.25) is 0 Å². The van der Waals surface area contributed by atoms with Crippen molar-refractivity contribution in [3.8, 4) is 0 Å². The van der Waals surface area contributed by atoms with Crippen molar-refractivity contribution in [1.29, 1.82) is 0 Å². The second-order valence-electron chi connectivity index (χ2n) is 7.69. The third-order valence-corrected chi connectivity index (χ3v) is 5.55. The first-order valence-corrected chi connectivity index (χ1v) is 7.89. The molecule has 1 saturated carbocycles. The number of hydrogen-bond donors (Lipinski definition) is 1. The Labute approximate surface area is 113 Å². The summed E-state index contributed by atoms with van der Waals surface area (Å²) < 4.78 is 0. The number of rotatable bonds is 2. The van der Waals surface area contributed by atoms with Crippen molar-refractivity contribution >= 4 is 0 Å². The molecule has 2 N–H and O–H groups in total. The van der Waals surface area contributed by atoms with Crippen molar-refractivity contribution in [1.82, 2.24) is 4.90 Å². The fraction of sp³-hybridized carbons (Fsp3) is 1.00. The van der Waals surface area contributed by atoms with Crippen LogP contribution in [0.3, 0.4) is 0 Å². The third-order valence-electron chi connectivity index (χ3n) is 5.55. The lowest BCUT2D eigenvalue weighted by Gasteiger charge is -2.45. The summed E-state index contributed by atoms with van der Waals surface area (Å²) in [6, 6.07) is 1.18. The molecule has 0 bridgehead atoms. The van der Waals surface area contributed by atoms with Crippen LogP contribution in [0.25, 0.3) is 0 Å². The minimum absolute atomic E-state index is 0.433. The maximum absolute atomic E-state index is 6.37. The van der Waals surface area contributed by atoms with E-state index < -0.39 is 0 Å². The smallest absolute Gasteiger partial charge is 0.00926 e. The SMILES string of the molecule is CC1CCCN(CC2CC(C)(C)CCC2N)C1C. The molecule has 4 unspecified atom stereocenters. The highest BCUT2D eigenvalue weighted by Gasteiger charge is 2.35. The van der Waals surface area contributed by atoms with Gasteiger partial charge in [0.05, 0.1) is 0 Å². The molecule has 0 amide bonds. The van der Waals surface area contributed by atoms with Crippen molar-refractivity contribution in [2.75, 3.05) is 13.1 Å². The van der Waals surface area contributed by atoms with E-state index in [1.165, 1.54) is 45.2 Å². The first kappa shape index (κ1) is 14.3. The molecule has 1 heterocycles. The van der Waals surface area contributed by atoms with Gasteiger partial charge in [0.2, 0.25) is 0 Å². The van der Waals surface area contributed by atoms with E-state index in [1.54, 1.807) is 0 Å². The van der Waals surface area contributed by atoms with Gasteiger partial charge in [0, 0.05) is 18.6 Å². The van der Waals surface area contributed by atoms with Crippen molar-refractivity contribution in [2.45, 2.75) is 71.9 Å². The molecule has 0 aromatic heterocycles. The molecule has 18 heavy (non-hydrogen) atoms. The van der Waals surface area contributed by atoms with Crippen LogP contribution in [0.15, 0.2) is 0 Å². The van der Waals surface area contributed by atoms with Crippen LogP contribution < -0.4 is 5.73 Å². The van der Waals surface area contributed by atoms with Gasteiger partial charge < -0.3 is 10.6 Å². The lowest BCUT2D eigenvalue weighted by molar-refractivity contribution is 0.0588. The predicted molar refractivity (Wildman–Crippen MR) is 78.5 cm³/mol. The maximum atomic E-state index is 6.37. The number of nitrogens with zero attached hydrogens (tertiary/aromatic N) is 1. The van der Waals surface area contributed by atoms with Gasteiger partial charge in [0.1, 0.15) is 0 Å². The van der Waals surface area contributed by atoms with Crippen LogP contribution in [-0.4, -0.2) is 30.1 Å². The second-order valence-corrected chi connectivity index (χ2v) is 7.69. The van der Waals surface area contributed by atoms with Crippen LogP contribution in [0.5, 0.6) is 0 Å². The van der Waals surface area contributed by atoms with Crippen LogP contribution in [0.1, 0.15) is 59.8 Å². The van der Waals surface area contributed by atoms with Crippen molar-refractivity contribution in [2.24, 2.45) is 23.0 Å². The van der Waals surface area contributed by atoms with Gasteiger partial charge in [-0.25, -0.2) is 0 Å². The molecule has 0 radical (unpaired) electrons. The van der Waals surface area contributed by atoms with Crippen molar-refractivity contribution < 1.29 is 0 Å². The first-order chi connectivity index (χ1) is 8.39. The molecular weight excluding hydrogens is 220 g/mol. The third kappa shape index (κ3) is 3.27. The summed E-state index contributed by atoms with van der Waals surface area (Å²) in [6.45, 7) is 12.2. The average molecular weight is 252 g/mol. The van der Waals surface area contributed by atoms with Crippen molar-refractivity contribution in [3.63, 3.8) is 0 Å². The fourth-order valence-corrected chi connectivity index (χ4v) is 3.94. The van der Waals surface area contributed by atoms with E-state index in [-0.39, 0.29) is 0 Å². The molecule has 1 aliphatic carbocycles. The number of likely N-dealkylation sites (tertiary alicyclic amines) is 1. The summed E-state index contributed by atoms with van der Waals surface area (Å²) in [5.74, 6) is 1.56. The average Bonchev–Trinajstić information content (AvgIpc) is 2.29. The largest absolute Gasteiger partial charge is 0.327 e. The highest BCUT2D eigenvalue weighted by atomic mass is 15.2.